The fourth-order valence-corrected chi connectivity index (χ4v) is 0.951. The van der Waals surface area contributed by atoms with Gasteiger partial charge in [-0.3, -0.25) is 0 Å². The normalized spacial score (nSPS) is 11.1. The average Bonchev–Trinajstić information content (AvgIpc) is 2.10. The third-order valence-electron chi connectivity index (χ3n) is 1.39. The molecule has 0 radical (unpaired) electrons. The first-order valence-electron chi connectivity index (χ1n) is 3.36. The lowest BCUT2D eigenvalue weighted by molar-refractivity contribution is 0.508. The molecule has 0 saturated heterocycles. The van der Waals surface area contributed by atoms with E-state index in [-0.39, 0.29) is 10.6 Å². The Bertz CT molecular complexity index is 393. The maximum atomic E-state index is 12.6. The molecule has 0 aliphatic carbocycles. The Morgan fingerprint density at radius 1 is 1.38 bits per heavy atom. The number of halogens is 3. The van der Waals surface area contributed by atoms with E-state index in [2.05, 4.69) is 0 Å². The molecule has 1 nitrogen and oxygen atoms in total. The Hall–Kier alpha value is -1.40. The van der Waals surface area contributed by atoms with E-state index in [4.69, 9.17) is 16.9 Å². The Kier molecular flexibility index (Phi) is 2.99. The molecule has 0 N–H and O–H groups in total. The number of allylic oxidation sites excluding steroid dienone is 1. The number of hydrogen-bond donors (Lipinski definition) is 0. The molecule has 0 atom stereocenters. The zero-order valence-electron chi connectivity index (χ0n) is 6.39. The Balaban J connectivity index is 3.13. The molecule has 0 aromatic heterocycles. The fourth-order valence-electron chi connectivity index (χ4n) is 0.785. The Labute approximate surface area is 78.9 Å². The topological polar surface area (TPSA) is 23.8 Å². The lowest BCUT2D eigenvalue weighted by Crippen LogP contribution is -1.85. The van der Waals surface area contributed by atoms with Crippen LogP contribution in [0.15, 0.2) is 24.3 Å². The van der Waals surface area contributed by atoms with Gasteiger partial charge in [0.2, 0.25) is 0 Å². The highest BCUT2D eigenvalue weighted by atomic mass is 35.5. The largest absolute Gasteiger partial charge is 0.204 e. The molecule has 0 fully saturated rings. The van der Waals surface area contributed by atoms with Crippen molar-refractivity contribution >= 4 is 16.6 Å². The van der Waals surface area contributed by atoms with Crippen molar-refractivity contribution in [1.29, 1.82) is 5.26 Å². The maximum Gasteiger partial charge on any atom is 0.159 e. The van der Waals surface area contributed by atoms with Gasteiger partial charge in [-0.1, -0.05) is 17.7 Å². The van der Waals surface area contributed by atoms with Crippen molar-refractivity contribution in [2.75, 3.05) is 0 Å². The molecule has 0 saturated carbocycles. The number of nitriles is 1. The van der Waals surface area contributed by atoms with Crippen molar-refractivity contribution in [3.8, 4) is 6.07 Å². The first-order valence-corrected chi connectivity index (χ1v) is 3.73. The van der Waals surface area contributed by atoms with E-state index in [9.17, 15) is 8.78 Å². The molecule has 4 heteroatoms. The summed E-state index contributed by atoms with van der Waals surface area (Å²) in [6.07, 6.45) is 1.05. The molecular weight excluding hydrogens is 196 g/mol. The molecule has 0 amide bonds. The second-order valence-corrected chi connectivity index (χ2v) is 2.66. The molecule has 1 rings (SSSR count). The minimum atomic E-state index is -0.984. The van der Waals surface area contributed by atoms with E-state index in [1.807, 2.05) is 0 Å². The number of hydrogen-bond acceptors (Lipinski definition) is 1. The standard InChI is InChI=1S/C9H4ClF2N/c10-7(3-4-13)6-1-2-8(11)9(12)5-6/h1-3,5H/b7-3-. The summed E-state index contributed by atoms with van der Waals surface area (Å²) in [7, 11) is 0. The van der Waals surface area contributed by atoms with E-state index < -0.39 is 11.6 Å². The highest BCUT2D eigenvalue weighted by Gasteiger charge is 2.04. The summed E-state index contributed by atoms with van der Waals surface area (Å²) in [5, 5.41) is 8.33. The maximum absolute atomic E-state index is 12.6. The van der Waals surface area contributed by atoms with Gasteiger partial charge < -0.3 is 0 Å². The Morgan fingerprint density at radius 2 is 2.08 bits per heavy atom. The van der Waals surface area contributed by atoms with Gasteiger partial charge in [0.25, 0.3) is 0 Å². The lowest BCUT2D eigenvalue weighted by Gasteiger charge is -1.97. The summed E-state index contributed by atoms with van der Waals surface area (Å²) in [5.41, 5.74) is 0.280. The molecule has 0 bridgehead atoms. The summed E-state index contributed by atoms with van der Waals surface area (Å²) in [6, 6.07) is 4.88. The van der Waals surface area contributed by atoms with Gasteiger partial charge in [-0.2, -0.15) is 5.26 Å². The van der Waals surface area contributed by atoms with E-state index >= 15 is 0 Å². The molecule has 0 unspecified atom stereocenters. The third kappa shape index (κ3) is 2.27. The van der Waals surface area contributed by atoms with Crippen LogP contribution in [0.5, 0.6) is 0 Å². The predicted molar refractivity (Wildman–Crippen MR) is 45.8 cm³/mol. The third-order valence-corrected chi connectivity index (χ3v) is 1.71. The SMILES string of the molecule is N#C/C=C(\Cl)c1ccc(F)c(F)c1. The lowest BCUT2D eigenvalue weighted by atomic mass is 10.2. The van der Waals surface area contributed by atoms with Gasteiger partial charge in [-0.15, -0.1) is 0 Å². The van der Waals surface area contributed by atoms with Crippen LogP contribution >= 0.6 is 11.6 Å². The molecule has 0 heterocycles. The highest BCUT2D eigenvalue weighted by Crippen LogP contribution is 2.20. The number of benzene rings is 1. The highest BCUT2D eigenvalue weighted by molar-refractivity contribution is 6.48. The second kappa shape index (κ2) is 4.01. The van der Waals surface area contributed by atoms with Gasteiger partial charge >= 0.3 is 0 Å². The van der Waals surface area contributed by atoms with Gasteiger partial charge in [0, 0.05) is 6.08 Å². The molecule has 1 aromatic rings. The molecule has 0 spiro atoms. The van der Waals surface area contributed by atoms with Crippen LogP contribution in [0, 0.1) is 23.0 Å². The van der Waals surface area contributed by atoms with Crippen LogP contribution in [-0.4, -0.2) is 0 Å². The smallest absolute Gasteiger partial charge is 0.159 e. The summed E-state index contributed by atoms with van der Waals surface area (Å²) in [6.45, 7) is 0. The first kappa shape index (κ1) is 9.69. The van der Waals surface area contributed by atoms with E-state index in [0.29, 0.717) is 0 Å². The van der Waals surface area contributed by atoms with Gasteiger partial charge in [0.05, 0.1) is 11.1 Å². The molecule has 13 heavy (non-hydrogen) atoms. The number of nitrogens with zero attached hydrogens (tertiary/aromatic N) is 1. The molecule has 66 valence electrons. The quantitative estimate of drug-likeness (QED) is 0.638. The van der Waals surface area contributed by atoms with Crippen LogP contribution in [0.2, 0.25) is 0 Å². The molecular formula is C9H4ClF2N. The molecule has 1 aromatic carbocycles. The van der Waals surface area contributed by atoms with Crippen LogP contribution in [0.3, 0.4) is 0 Å². The van der Waals surface area contributed by atoms with Crippen LogP contribution in [0.1, 0.15) is 5.56 Å². The average molecular weight is 200 g/mol. The van der Waals surface area contributed by atoms with Crippen LogP contribution in [-0.2, 0) is 0 Å². The van der Waals surface area contributed by atoms with Gasteiger partial charge in [0.1, 0.15) is 0 Å². The van der Waals surface area contributed by atoms with E-state index in [1.54, 1.807) is 6.07 Å². The van der Waals surface area contributed by atoms with E-state index in [0.717, 1.165) is 18.2 Å². The summed E-state index contributed by atoms with van der Waals surface area (Å²) < 4.78 is 25.1. The fraction of sp³-hybridized carbons (Fsp3) is 0. The Morgan fingerprint density at radius 3 is 2.62 bits per heavy atom. The molecule has 0 aliphatic heterocycles. The van der Waals surface area contributed by atoms with Crippen LogP contribution < -0.4 is 0 Å². The summed E-state index contributed by atoms with van der Waals surface area (Å²) in [4.78, 5) is 0. The van der Waals surface area contributed by atoms with Crippen LogP contribution in [0.25, 0.3) is 5.03 Å². The zero-order valence-corrected chi connectivity index (χ0v) is 7.15. The van der Waals surface area contributed by atoms with E-state index in [1.165, 1.54) is 6.07 Å². The van der Waals surface area contributed by atoms with Gasteiger partial charge in [0.15, 0.2) is 11.6 Å². The van der Waals surface area contributed by atoms with Crippen molar-refractivity contribution in [2.45, 2.75) is 0 Å². The van der Waals surface area contributed by atoms with Crippen molar-refractivity contribution in [3.05, 3.63) is 41.5 Å². The monoisotopic (exact) mass is 199 g/mol. The minimum Gasteiger partial charge on any atom is -0.204 e. The van der Waals surface area contributed by atoms with Crippen LogP contribution in [0.4, 0.5) is 8.78 Å². The predicted octanol–water partition coefficient (Wildman–Crippen LogP) is 3.07. The minimum absolute atomic E-state index is 0.0846. The summed E-state index contributed by atoms with van der Waals surface area (Å²) in [5.74, 6) is -1.92. The van der Waals surface area contributed by atoms with Crippen molar-refractivity contribution in [1.82, 2.24) is 0 Å². The van der Waals surface area contributed by atoms with Gasteiger partial charge in [-0.05, 0) is 17.7 Å². The van der Waals surface area contributed by atoms with Crippen molar-refractivity contribution in [3.63, 3.8) is 0 Å². The second-order valence-electron chi connectivity index (χ2n) is 2.25. The molecule has 0 aliphatic rings. The van der Waals surface area contributed by atoms with Gasteiger partial charge in [-0.25, -0.2) is 8.78 Å². The van der Waals surface area contributed by atoms with Crippen molar-refractivity contribution < 1.29 is 8.78 Å². The first-order chi connectivity index (χ1) is 6.15. The summed E-state index contributed by atoms with van der Waals surface area (Å²) >= 11 is 5.58. The zero-order chi connectivity index (χ0) is 9.84. The number of rotatable bonds is 1. The van der Waals surface area contributed by atoms with Crippen molar-refractivity contribution in [2.24, 2.45) is 0 Å².